The molecular weight excluding hydrogens is 322 g/mol. The molecule has 0 unspecified atom stereocenters. The van der Waals surface area contributed by atoms with Crippen LogP contribution < -0.4 is 5.32 Å². The Balaban J connectivity index is 1.79. The summed E-state index contributed by atoms with van der Waals surface area (Å²) in [5.74, 6) is 1.46. The first-order chi connectivity index (χ1) is 11.8. The average molecular weight is 343 g/mol. The highest BCUT2D eigenvalue weighted by Gasteiger charge is 2.28. The molecule has 3 rings (SSSR count). The first kappa shape index (κ1) is 17.0. The molecule has 0 bridgehead atoms. The number of aromatic nitrogens is 2. The first-order valence-electron chi connectivity index (χ1n) is 7.97. The van der Waals surface area contributed by atoms with Crippen molar-refractivity contribution in [3.05, 3.63) is 59.0 Å². The minimum atomic E-state index is -1.28. The van der Waals surface area contributed by atoms with Crippen molar-refractivity contribution in [3.8, 4) is 5.82 Å². The lowest BCUT2D eigenvalue weighted by atomic mass is 10.0. The monoisotopic (exact) mass is 343 g/mol. The number of nitrogens with zero attached hydrogens (tertiary/aromatic N) is 2. The van der Waals surface area contributed by atoms with E-state index in [4.69, 9.17) is 8.94 Å². The highest BCUT2D eigenvalue weighted by molar-refractivity contribution is 5.95. The van der Waals surface area contributed by atoms with Crippen molar-refractivity contribution in [2.75, 3.05) is 6.54 Å². The van der Waals surface area contributed by atoms with Gasteiger partial charge in [0.1, 0.15) is 17.1 Å². The van der Waals surface area contributed by atoms with Gasteiger partial charge in [0.15, 0.2) is 5.82 Å². The summed E-state index contributed by atoms with van der Waals surface area (Å²) in [6, 6.07) is 6.96. The molecule has 0 aliphatic rings. The second kappa shape index (κ2) is 6.25. The van der Waals surface area contributed by atoms with E-state index in [1.807, 2.05) is 31.4 Å². The number of aliphatic hydroxyl groups is 1. The number of furan rings is 1. The number of hydrogen-bond donors (Lipinski definition) is 2. The van der Waals surface area contributed by atoms with Gasteiger partial charge in [0, 0.05) is 17.5 Å². The highest BCUT2D eigenvalue weighted by Crippen LogP contribution is 2.22. The van der Waals surface area contributed by atoms with Gasteiger partial charge in [-0.15, -0.1) is 0 Å². The zero-order chi connectivity index (χ0) is 18.2. The van der Waals surface area contributed by atoms with E-state index in [1.54, 1.807) is 25.1 Å². The summed E-state index contributed by atoms with van der Waals surface area (Å²) in [6.07, 6.45) is 1.49. The molecule has 0 aliphatic carbocycles. The lowest BCUT2D eigenvalue weighted by Gasteiger charge is -2.21. The Labute approximate surface area is 145 Å². The number of carbonyl (C=O) groups is 1. The van der Waals surface area contributed by atoms with Crippen LogP contribution in [0.2, 0.25) is 0 Å². The number of amides is 1. The standard InChI is InChI=1S/C18H21N3O4/c1-11-8-14(13(3)21(11)16-9-12(2)25-20-16)17(22)19-10-18(4,23)15-6-5-7-24-15/h5-9,23H,10H2,1-4H3,(H,19,22)/t18-/m1/s1. The predicted molar refractivity (Wildman–Crippen MR) is 90.7 cm³/mol. The summed E-state index contributed by atoms with van der Waals surface area (Å²) in [5, 5.41) is 17.2. The fourth-order valence-electron chi connectivity index (χ4n) is 2.82. The normalized spacial score (nSPS) is 13.6. The summed E-state index contributed by atoms with van der Waals surface area (Å²) in [4.78, 5) is 12.6. The Morgan fingerprint density at radius 2 is 2.12 bits per heavy atom. The Morgan fingerprint density at radius 3 is 2.72 bits per heavy atom. The molecule has 0 aromatic carbocycles. The number of carbonyl (C=O) groups excluding carboxylic acids is 1. The van der Waals surface area contributed by atoms with Gasteiger partial charge in [-0.2, -0.15) is 0 Å². The highest BCUT2D eigenvalue weighted by atomic mass is 16.5. The molecule has 0 spiro atoms. The molecule has 132 valence electrons. The van der Waals surface area contributed by atoms with Gasteiger partial charge >= 0.3 is 0 Å². The van der Waals surface area contributed by atoms with Crippen LogP contribution in [-0.4, -0.2) is 27.3 Å². The van der Waals surface area contributed by atoms with Crippen LogP contribution in [0.25, 0.3) is 5.82 Å². The largest absolute Gasteiger partial charge is 0.466 e. The van der Waals surface area contributed by atoms with Crippen LogP contribution in [0.1, 0.15) is 40.2 Å². The molecule has 0 radical (unpaired) electrons. The average Bonchev–Trinajstić information content (AvgIpc) is 3.27. The fraction of sp³-hybridized carbons (Fsp3) is 0.333. The van der Waals surface area contributed by atoms with Crippen LogP contribution in [-0.2, 0) is 5.60 Å². The van der Waals surface area contributed by atoms with E-state index in [2.05, 4.69) is 10.5 Å². The lowest BCUT2D eigenvalue weighted by molar-refractivity contribution is 0.0330. The van der Waals surface area contributed by atoms with Gasteiger partial charge in [-0.25, -0.2) is 0 Å². The van der Waals surface area contributed by atoms with Crippen LogP contribution in [0.4, 0.5) is 0 Å². The zero-order valence-corrected chi connectivity index (χ0v) is 14.7. The molecule has 0 saturated carbocycles. The second-order valence-corrected chi connectivity index (χ2v) is 6.35. The Morgan fingerprint density at radius 1 is 1.36 bits per heavy atom. The third kappa shape index (κ3) is 3.23. The van der Waals surface area contributed by atoms with Crippen LogP contribution in [0.15, 0.2) is 39.5 Å². The van der Waals surface area contributed by atoms with Gasteiger partial charge in [0.05, 0.1) is 18.4 Å². The maximum Gasteiger partial charge on any atom is 0.253 e. The van der Waals surface area contributed by atoms with Crippen molar-refractivity contribution in [3.63, 3.8) is 0 Å². The van der Waals surface area contributed by atoms with E-state index in [0.29, 0.717) is 22.9 Å². The van der Waals surface area contributed by atoms with Crippen LogP contribution in [0, 0.1) is 20.8 Å². The quantitative estimate of drug-likeness (QED) is 0.743. The van der Waals surface area contributed by atoms with Crippen molar-refractivity contribution in [2.24, 2.45) is 0 Å². The molecule has 0 saturated heterocycles. The van der Waals surface area contributed by atoms with Gasteiger partial charge in [-0.05, 0) is 45.9 Å². The van der Waals surface area contributed by atoms with Crippen LogP contribution >= 0.6 is 0 Å². The molecule has 7 heteroatoms. The van der Waals surface area contributed by atoms with Crippen molar-refractivity contribution < 1.29 is 18.8 Å². The number of nitrogens with one attached hydrogen (secondary N) is 1. The molecular formula is C18H21N3O4. The molecule has 0 aliphatic heterocycles. The molecule has 3 heterocycles. The minimum Gasteiger partial charge on any atom is -0.466 e. The maximum atomic E-state index is 12.6. The Bertz CT molecular complexity index is 888. The van der Waals surface area contributed by atoms with Gasteiger partial charge in [-0.3, -0.25) is 9.36 Å². The van der Waals surface area contributed by atoms with Crippen molar-refractivity contribution in [2.45, 2.75) is 33.3 Å². The van der Waals surface area contributed by atoms with E-state index >= 15 is 0 Å². The van der Waals surface area contributed by atoms with E-state index in [-0.39, 0.29) is 12.5 Å². The smallest absolute Gasteiger partial charge is 0.253 e. The zero-order valence-electron chi connectivity index (χ0n) is 14.7. The number of hydrogen-bond acceptors (Lipinski definition) is 5. The summed E-state index contributed by atoms with van der Waals surface area (Å²) < 4.78 is 12.2. The number of rotatable bonds is 5. The van der Waals surface area contributed by atoms with Gasteiger partial charge < -0.3 is 19.4 Å². The summed E-state index contributed by atoms with van der Waals surface area (Å²) >= 11 is 0. The van der Waals surface area contributed by atoms with E-state index < -0.39 is 5.60 Å². The molecule has 25 heavy (non-hydrogen) atoms. The predicted octanol–water partition coefficient (Wildman–Crippen LogP) is 2.62. The molecule has 7 nitrogen and oxygen atoms in total. The molecule has 1 atom stereocenters. The van der Waals surface area contributed by atoms with Gasteiger partial charge in [0.2, 0.25) is 0 Å². The molecule has 2 N–H and O–H groups in total. The van der Waals surface area contributed by atoms with Crippen LogP contribution in [0.5, 0.6) is 0 Å². The van der Waals surface area contributed by atoms with Gasteiger partial charge in [-0.1, -0.05) is 5.16 Å². The van der Waals surface area contributed by atoms with E-state index in [0.717, 1.165) is 11.4 Å². The third-order valence-corrected chi connectivity index (χ3v) is 4.17. The van der Waals surface area contributed by atoms with Crippen molar-refractivity contribution in [1.29, 1.82) is 0 Å². The Hall–Kier alpha value is -2.80. The molecule has 3 aromatic heterocycles. The minimum absolute atomic E-state index is 0.0338. The van der Waals surface area contributed by atoms with E-state index in [1.165, 1.54) is 6.26 Å². The Kier molecular flexibility index (Phi) is 4.26. The molecule has 1 amide bonds. The first-order valence-corrected chi connectivity index (χ1v) is 7.97. The fourth-order valence-corrected chi connectivity index (χ4v) is 2.82. The second-order valence-electron chi connectivity index (χ2n) is 6.35. The number of aryl methyl sites for hydroxylation is 2. The maximum absolute atomic E-state index is 12.6. The van der Waals surface area contributed by atoms with E-state index in [9.17, 15) is 9.90 Å². The summed E-state index contributed by atoms with van der Waals surface area (Å²) in [6.45, 7) is 7.18. The van der Waals surface area contributed by atoms with Crippen LogP contribution in [0.3, 0.4) is 0 Å². The third-order valence-electron chi connectivity index (χ3n) is 4.17. The lowest BCUT2D eigenvalue weighted by Crippen LogP contribution is -2.38. The molecule has 0 fully saturated rings. The van der Waals surface area contributed by atoms with Crippen molar-refractivity contribution in [1.82, 2.24) is 15.0 Å². The summed E-state index contributed by atoms with van der Waals surface area (Å²) in [7, 11) is 0. The molecule has 3 aromatic rings. The SMILES string of the molecule is Cc1cc(-n2c(C)cc(C(=O)NC[C@@](C)(O)c3ccco3)c2C)no1. The summed E-state index contributed by atoms with van der Waals surface area (Å²) in [5.41, 5.74) is 0.858. The topological polar surface area (TPSA) is 93.4 Å². The van der Waals surface area contributed by atoms with Gasteiger partial charge in [0.25, 0.3) is 5.91 Å². The van der Waals surface area contributed by atoms with Crippen molar-refractivity contribution >= 4 is 5.91 Å².